The highest BCUT2D eigenvalue weighted by atomic mass is 15.3. The Morgan fingerprint density at radius 1 is 1.19 bits per heavy atom. The summed E-state index contributed by atoms with van der Waals surface area (Å²) in [4.78, 5) is 4.67. The Hall–Kier alpha value is -0.770. The Kier molecular flexibility index (Phi) is 3.69. The molecule has 0 aromatic heterocycles. The molecular formula is C12H24N4. The summed E-state index contributed by atoms with van der Waals surface area (Å²) in [6.07, 6.45) is 10.1. The van der Waals surface area contributed by atoms with Crippen molar-refractivity contribution in [3.63, 3.8) is 0 Å². The number of nitrogens with zero attached hydrogens (tertiary/aromatic N) is 1. The van der Waals surface area contributed by atoms with E-state index < -0.39 is 0 Å². The summed E-state index contributed by atoms with van der Waals surface area (Å²) >= 11 is 0. The average molecular weight is 224 g/mol. The maximum absolute atomic E-state index is 5.54. The summed E-state index contributed by atoms with van der Waals surface area (Å²) in [7, 11) is 0. The molecule has 16 heavy (non-hydrogen) atoms. The zero-order valence-corrected chi connectivity index (χ0v) is 10.3. The second kappa shape index (κ2) is 5.04. The monoisotopic (exact) mass is 224 g/mol. The van der Waals surface area contributed by atoms with Crippen molar-refractivity contribution in [2.75, 3.05) is 0 Å². The molecule has 4 nitrogen and oxygen atoms in total. The van der Waals surface area contributed by atoms with Crippen LogP contribution >= 0.6 is 0 Å². The number of nitrogens with two attached hydrogens (primary N) is 1. The number of hydrogen-bond donors (Lipinski definition) is 3. The van der Waals surface area contributed by atoms with E-state index in [1.165, 1.54) is 51.4 Å². The molecule has 0 saturated heterocycles. The van der Waals surface area contributed by atoms with E-state index in [9.17, 15) is 0 Å². The van der Waals surface area contributed by atoms with Crippen LogP contribution in [0.1, 0.15) is 58.3 Å². The topological polar surface area (TPSA) is 62.4 Å². The lowest BCUT2D eigenvalue weighted by Crippen LogP contribution is -2.52. The molecule has 0 unspecified atom stereocenters. The van der Waals surface area contributed by atoms with Gasteiger partial charge in [0.25, 0.3) is 0 Å². The van der Waals surface area contributed by atoms with E-state index in [1.54, 1.807) is 0 Å². The molecule has 4 heteroatoms. The fourth-order valence-electron chi connectivity index (χ4n) is 2.89. The van der Waals surface area contributed by atoms with Gasteiger partial charge in [-0.25, -0.2) is 10.8 Å². The van der Waals surface area contributed by atoms with Crippen LogP contribution in [0.2, 0.25) is 0 Å². The Morgan fingerprint density at radius 2 is 1.81 bits per heavy atom. The lowest BCUT2D eigenvalue weighted by Gasteiger charge is -2.27. The minimum absolute atomic E-state index is 0.198. The number of hydrazine groups is 1. The van der Waals surface area contributed by atoms with E-state index in [0.717, 1.165) is 5.96 Å². The van der Waals surface area contributed by atoms with Gasteiger partial charge in [0, 0.05) is 5.54 Å². The molecule has 0 amide bonds. The third-order valence-electron chi connectivity index (χ3n) is 3.90. The van der Waals surface area contributed by atoms with Gasteiger partial charge in [-0.3, -0.25) is 5.43 Å². The third-order valence-corrected chi connectivity index (χ3v) is 3.90. The molecule has 0 aliphatic heterocycles. The highest BCUT2D eigenvalue weighted by Gasteiger charge is 2.29. The van der Waals surface area contributed by atoms with Gasteiger partial charge in [0.1, 0.15) is 0 Å². The molecule has 2 aliphatic rings. The van der Waals surface area contributed by atoms with Crippen molar-refractivity contribution in [1.29, 1.82) is 0 Å². The van der Waals surface area contributed by atoms with E-state index in [-0.39, 0.29) is 5.54 Å². The van der Waals surface area contributed by atoms with Crippen LogP contribution < -0.4 is 16.6 Å². The van der Waals surface area contributed by atoms with Crippen molar-refractivity contribution < 1.29 is 0 Å². The van der Waals surface area contributed by atoms with Gasteiger partial charge in [0.15, 0.2) is 0 Å². The minimum Gasteiger partial charge on any atom is -0.350 e. The van der Waals surface area contributed by atoms with E-state index in [0.29, 0.717) is 6.04 Å². The molecule has 2 rings (SSSR count). The summed E-state index contributed by atoms with van der Waals surface area (Å²) < 4.78 is 0. The number of hydrogen-bond acceptors (Lipinski definition) is 2. The van der Waals surface area contributed by atoms with Crippen molar-refractivity contribution in [2.45, 2.75) is 69.9 Å². The van der Waals surface area contributed by atoms with Gasteiger partial charge in [0.2, 0.25) is 5.96 Å². The van der Waals surface area contributed by atoms with E-state index in [1.807, 2.05) is 0 Å². The molecule has 0 spiro atoms. The number of rotatable bonds is 2. The first kappa shape index (κ1) is 11.7. The molecule has 0 radical (unpaired) electrons. The van der Waals surface area contributed by atoms with Crippen LogP contribution in [0.15, 0.2) is 4.99 Å². The van der Waals surface area contributed by atoms with E-state index in [4.69, 9.17) is 5.84 Å². The molecule has 0 atom stereocenters. The van der Waals surface area contributed by atoms with Crippen molar-refractivity contribution in [3.05, 3.63) is 0 Å². The summed E-state index contributed by atoms with van der Waals surface area (Å²) in [5.74, 6) is 6.33. The minimum atomic E-state index is 0.198. The fraction of sp³-hybridized carbons (Fsp3) is 0.917. The van der Waals surface area contributed by atoms with Crippen LogP contribution in [0.4, 0.5) is 0 Å². The summed E-state index contributed by atoms with van der Waals surface area (Å²) in [6, 6.07) is 0.476. The third kappa shape index (κ3) is 2.88. The molecule has 0 bridgehead atoms. The van der Waals surface area contributed by atoms with Gasteiger partial charge in [0.05, 0.1) is 6.04 Å². The second-order valence-electron chi connectivity index (χ2n) is 5.45. The Labute approximate surface area is 98.0 Å². The number of nitrogens with one attached hydrogen (secondary N) is 2. The van der Waals surface area contributed by atoms with Crippen molar-refractivity contribution in [1.82, 2.24) is 10.7 Å². The van der Waals surface area contributed by atoms with E-state index >= 15 is 0 Å². The lowest BCUT2D eigenvalue weighted by atomic mass is 10.0. The number of aliphatic imine (C=N–C) groups is 1. The SMILES string of the molecule is CC1(NC(=NC2CCCC2)NN)CCCC1. The first-order valence-corrected chi connectivity index (χ1v) is 6.54. The molecule has 0 aromatic carbocycles. The zero-order valence-electron chi connectivity index (χ0n) is 10.3. The molecule has 0 aromatic rings. The predicted molar refractivity (Wildman–Crippen MR) is 67.0 cm³/mol. The van der Waals surface area contributed by atoms with Gasteiger partial charge in [-0.1, -0.05) is 25.7 Å². The highest BCUT2D eigenvalue weighted by molar-refractivity contribution is 5.80. The van der Waals surface area contributed by atoms with Crippen molar-refractivity contribution in [3.8, 4) is 0 Å². The fourth-order valence-corrected chi connectivity index (χ4v) is 2.89. The molecule has 4 N–H and O–H groups in total. The molecule has 2 saturated carbocycles. The predicted octanol–water partition coefficient (Wildman–Crippen LogP) is 1.67. The van der Waals surface area contributed by atoms with Gasteiger partial charge in [-0.2, -0.15) is 0 Å². The highest BCUT2D eigenvalue weighted by Crippen LogP contribution is 2.29. The molecule has 92 valence electrons. The molecule has 2 fully saturated rings. The second-order valence-corrected chi connectivity index (χ2v) is 5.45. The molecule has 2 aliphatic carbocycles. The summed E-state index contributed by atoms with van der Waals surface area (Å²) in [5, 5.41) is 3.48. The zero-order chi connectivity index (χ0) is 11.4. The summed E-state index contributed by atoms with van der Waals surface area (Å²) in [6.45, 7) is 2.27. The van der Waals surface area contributed by atoms with Gasteiger partial charge < -0.3 is 5.32 Å². The normalized spacial score (nSPS) is 26.0. The van der Waals surface area contributed by atoms with Crippen LogP contribution in [-0.4, -0.2) is 17.5 Å². The Morgan fingerprint density at radius 3 is 2.38 bits per heavy atom. The largest absolute Gasteiger partial charge is 0.350 e. The Bertz CT molecular complexity index is 250. The maximum Gasteiger partial charge on any atom is 0.206 e. The smallest absolute Gasteiger partial charge is 0.206 e. The van der Waals surface area contributed by atoms with Crippen molar-refractivity contribution >= 4 is 5.96 Å². The molecule has 0 heterocycles. The first-order chi connectivity index (χ1) is 7.72. The average Bonchev–Trinajstić information content (AvgIpc) is 2.89. The van der Waals surface area contributed by atoms with Crippen LogP contribution in [0.5, 0.6) is 0 Å². The van der Waals surface area contributed by atoms with Crippen LogP contribution in [-0.2, 0) is 0 Å². The van der Waals surface area contributed by atoms with Gasteiger partial charge >= 0.3 is 0 Å². The van der Waals surface area contributed by atoms with Crippen LogP contribution in [0.3, 0.4) is 0 Å². The van der Waals surface area contributed by atoms with Crippen molar-refractivity contribution in [2.24, 2.45) is 10.8 Å². The maximum atomic E-state index is 5.54. The summed E-state index contributed by atoms with van der Waals surface area (Å²) in [5.41, 5.74) is 2.92. The van der Waals surface area contributed by atoms with Crippen LogP contribution in [0.25, 0.3) is 0 Å². The quantitative estimate of drug-likeness (QED) is 0.289. The van der Waals surface area contributed by atoms with Gasteiger partial charge in [-0.05, 0) is 32.6 Å². The van der Waals surface area contributed by atoms with E-state index in [2.05, 4.69) is 22.7 Å². The lowest BCUT2D eigenvalue weighted by molar-refractivity contribution is 0.424. The van der Waals surface area contributed by atoms with Gasteiger partial charge in [-0.15, -0.1) is 0 Å². The van der Waals surface area contributed by atoms with Crippen LogP contribution in [0, 0.1) is 0 Å². The Balaban J connectivity index is 1.93. The first-order valence-electron chi connectivity index (χ1n) is 6.54. The standard InChI is InChI=1S/C12H24N4/c1-12(8-4-5-9-12)15-11(16-13)14-10-6-2-3-7-10/h10H,2-9,13H2,1H3,(H2,14,15,16). The molecular weight excluding hydrogens is 200 g/mol. The number of guanidine groups is 1.